The average Bonchev–Trinajstić information content (AvgIpc) is 2.55. The van der Waals surface area contributed by atoms with Crippen molar-refractivity contribution in [3.8, 4) is 0 Å². The van der Waals surface area contributed by atoms with Gasteiger partial charge in [0.25, 0.3) is 0 Å². The Labute approximate surface area is 76.3 Å². The Hall–Kier alpha value is 0.690. The normalized spacial score (nSPS) is 37.2. The fraction of sp³-hybridized carbons (Fsp3) is 1.00. The van der Waals surface area contributed by atoms with Crippen LogP contribution in [0.15, 0.2) is 0 Å². The van der Waals surface area contributed by atoms with Crippen LogP contribution in [0.3, 0.4) is 0 Å². The van der Waals surface area contributed by atoms with Crippen molar-refractivity contribution in [2.24, 2.45) is 5.41 Å². The summed E-state index contributed by atoms with van der Waals surface area (Å²) in [6.07, 6.45) is 4.47. The maximum absolute atomic E-state index is 2.60. The third-order valence-electron chi connectivity index (χ3n) is 2.90. The molecule has 0 bridgehead atoms. The van der Waals surface area contributed by atoms with Gasteiger partial charge in [-0.25, -0.2) is 0 Å². The number of hydrogen-bond acceptors (Lipinski definition) is 1. The molecule has 1 aliphatic heterocycles. The predicted molar refractivity (Wildman–Crippen MR) is 51.3 cm³/mol. The van der Waals surface area contributed by atoms with E-state index >= 15 is 0 Å². The standard InChI is InChI=1S/C8H14IN/c1-2-10-6-8(3-4-8)5-7(10)9/h7H,2-6H2,1H3. The lowest BCUT2D eigenvalue weighted by Crippen LogP contribution is -2.24. The summed E-state index contributed by atoms with van der Waals surface area (Å²) in [4.78, 5) is 2.60. The summed E-state index contributed by atoms with van der Waals surface area (Å²) in [6, 6.07) is 0. The predicted octanol–water partition coefficient (Wildman–Crippen LogP) is 2.25. The summed E-state index contributed by atoms with van der Waals surface area (Å²) in [5.74, 6) is 0. The molecule has 2 rings (SSSR count). The van der Waals surface area contributed by atoms with E-state index in [2.05, 4.69) is 34.4 Å². The molecule has 2 aliphatic rings. The van der Waals surface area contributed by atoms with E-state index in [0.29, 0.717) is 0 Å². The van der Waals surface area contributed by atoms with Crippen molar-refractivity contribution in [2.45, 2.75) is 30.2 Å². The van der Waals surface area contributed by atoms with E-state index in [9.17, 15) is 0 Å². The van der Waals surface area contributed by atoms with Crippen molar-refractivity contribution in [1.82, 2.24) is 4.90 Å². The van der Waals surface area contributed by atoms with E-state index in [0.717, 1.165) is 9.46 Å². The maximum Gasteiger partial charge on any atom is 0.0624 e. The zero-order chi connectivity index (χ0) is 7.19. The van der Waals surface area contributed by atoms with Gasteiger partial charge in [-0.2, -0.15) is 0 Å². The van der Waals surface area contributed by atoms with Crippen LogP contribution in [0.2, 0.25) is 0 Å². The van der Waals surface area contributed by atoms with Gasteiger partial charge in [-0.3, -0.25) is 4.90 Å². The molecule has 0 N–H and O–H groups in total. The van der Waals surface area contributed by atoms with Crippen LogP contribution in [0.25, 0.3) is 0 Å². The fourth-order valence-electron chi connectivity index (χ4n) is 1.93. The molecular formula is C8H14IN. The average molecular weight is 251 g/mol. The molecule has 1 unspecified atom stereocenters. The van der Waals surface area contributed by atoms with Crippen molar-refractivity contribution in [1.29, 1.82) is 0 Å². The highest BCUT2D eigenvalue weighted by Crippen LogP contribution is 2.55. The van der Waals surface area contributed by atoms with Gasteiger partial charge in [0.05, 0.1) is 4.05 Å². The van der Waals surface area contributed by atoms with Crippen LogP contribution >= 0.6 is 22.6 Å². The van der Waals surface area contributed by atoms with Gasteiger partial charge in [-0.15, -0.1) is 0 Å². The molecule has 1 heterocycles. The largest absolute Gasteiger partial charge is 0.291 e. The van der Waals surface area contributed by atoms with E-state index in [1.807, 2.05) is 0 Å². The summed E-state index contributed by atoms with van der Waals surface area (Å²) < 4.78 is 0.838. The van der Waals surface area contributed by atoms with Crippen molar-refractivity contribution in [2.75, 3.05) is 13.1 Å². The molecule has 1 saturated carbocycles. The Kier molecular flexibility index (Phi) is 1.72. The maximum atomic E-state index is 2.60. The molecular weight excluding hydrogens is 237 g/mol. The van der Waals surface area contributed by atoms with Gasteiger partial charge in [0, 0.05) is 6.54 Å². The van der Waals surface area contributed by atoms with Crippen molar-refractivity contribution < 1.29 is 0 Å². The van der Waals surface area contributed by atoms with Crippen LogP contribution in [0.1, 0.15) is 26.2 Å². The number of hydrogen-bond donors (Lipinski definition) is 0. The number of halogens is 1. The first-order valence-electron chi connectivity index (χ1n) is 4.14. The second-order valence-corrected chi connectivity index (χ2v) is 5.14. The van der Waals surface area contributed by atoms with Gasteiger partial charge >= 0.3 is 0 Å². The van der Waals surface area contributed by atoms with E-state index in [-0.39, 0.29) is 0 Å². The third kappa shape index (κ3) is 1.09. The van der Waals surface area contributed by atoms with Crippen LogP contribution in [0.5, 0.6) is 0 Å². The first-order chi connectivity index (χ1) is 4.76. The van der Waals surface area contributed by atoms with Gasteiger partial charge in [-0.05, 0) is 31.2 Å². The van der Waals surface area contributed by atoms with Crippen LogP contribution in [0.4, 0.5) is 0 Å². The molecule has 0 aromatic rings. The van der Waals surface area contributed by atoms with Crippen LogP contribution in [-0.4, -0.2) is 22.0 Å². The number of rotatable bonds is 1. The first-order valence-corrected chi connectivity index (χ1v) is 5.38. The lowest BCUT2D eigenvalue weighted by molar-refractivity contribution is 0.328. The third-order valence-corrected chi connectivity index (χ3v) is 4.13. The van der Waals surface area contributed by atoms with Gasteiger partial charge in [0.1, 0.15) is 0 Å². The topological polar surface area (TPSA) is 3.24 Å². The van der Waals surface area contributed by atoms with E-state index in [4.69, 9.17) is 0 Å². The molecule has 0 aromatic carbocycles. The minimum Gasteiger partial charge on any atom is -0.291 e. The van der Waals surface area contributed by atoms with Gasteiger partial charge in [-0.1, -0.05) is 29.5 Å². The van der Waals surface area contributed by atoms with Crippen molar-refractivity contribution in [3.63, 3.8) is 0 Å². The zero-order valence-corrected chi connectivity index (χ0v) is 8.60. The molecule has 1 spiro atoms. The lowest BCUT2D eigenvalue weighted by Gasteiger charge is -2.16. The zero-order valence-electron chi connectivity index (χ0n) is 6.44. The monoisotopic (exact) mass is 251 g/mol. The first kappa shape index (κ1) is 7.35. The summed E-state index contributed by atoms with van der Waals surface area (Å²) >= 11 is 2.59. The summed E-state index contributed by atoms with van der Waals surface area (Å²) in [5, 5.41) is 0. The molecule has 1 atom stereocenters. The minimum absolute atomic E-state index is 0.807. The number of alkyl halides is 1. The summed E-state index contributed by atoms with van der Waals surface area (Å²) in [7, 11) is 0. The number of likely N-dealkylation sites (tertiary alicyclic amines) is 1. The molecule has 0 aromatic heterocycles. The van der Waals surface area contributed by atoms with Crippen molar-refractivity contribution in [3.05, 3.63) is 0 Å². The molecule has 58 valence electrons. The molecule has 2 heteroatoms. The lowest BCUT2D eigenvalue weighted by atomic mass is 10.1. The molecule has 1 saturated heterocycles. The molecule has 0 amide bonds. The van der Waals surface area contributed by atoms with Gasteiger partial charge < -0.3 is 0 Å². The highest BCUT2D eigenvalue weighted by Gasteiger charge is 2.50. The van der Waals surface area contributed by atoms with E-state index < -0.39 is 0 Å². The molecule has 0 radical (unpaired) electrons. The molecule has 10 heavy (non-hydrogen) atoms. The Bertz CT molecular complexity index is 142. The van der Waals surface area contributed by atoms with Crippen LogP contribution < -0.4 is 0 Å². The number of nitrogens with zero attached hydrogens (tertiary/aromatic N) is 1. The Morgan fingerprint density at radius 3 is 2.60 bits per heavy atom. The Morgan fingerprint density at radius 1 is 1.60 bits per heavy atom. The molecule has 2 fully saturated rings. The quantitative estimate of drug-likeness (QED) is 0.392. The highest BCUT2D eigenvalue weighted by atomic mass is 127. The SMILES string of the molecule is CCN1CC2(CC2)CC1I. The van der Waals surface area contributed by atoms with Crippen LogP contribution in [0, 0.1) is 5.41 Å². The van der Waals surface area contributed by atoms with Gasteiger partial charge in [0.2, 0.25) is 0 Å². The smallest absolute Gasteiger partial charge is 0.0624 e. The summed E-state index contributed by atoms with van der Waals surface area (Å²) in [5.41, 5.74) is 0.807. The highest BCUT2D eigenvalue weighted by molar-refractivity contribution is 14.1. The molecule has 1 aliphatic carbocycles. The fourth-order valence-corrected chi connectivity index (χ4v) is 3.45. The second kappa shape index (κ2) is 2.34. The second-order valence-electron chi connectivity index (χ2n) is 3.70. The van der Waals surface area contributed by atoms with Gasteiger partial charge in [0.15, 0.2) is 0 Å². The van der Waals surface area contributed by atoms with Crippen LogP contribution in [-0.2, 0) is 0 Å². The minimum atomic E-state index is 0.807. The van der Waals surface area contributed by atoms with E-state index in [1.165, 1.54) is 32.4 Å². The molecule has 1 nitrogen and oxygen atoms in total. The van der Waals surface area contributed by atoms with E-state index in [1.54, 1.807) is 0 Å². The Balaban J connectivity index is 2.00. The van der Waals surface area contributed by atoms with Crippen molar-refractivity contribution >= 4 is 22.6 Å². The Morgan fingerprint density at radius 2 is 2.30 bits per heavy atom. The summed E-state index contributed by atoms with van der Waals surface area (Å²) in [6.45, 7) is 4.90.